The summed E-state index contributed by atoms with van der Waals surface area (Å²) in [4.78, 5) is 41.1. The first kappa shape index (κ1) is 43.1. The molecule has 1 heterocycles. The second-order valence-corrected chi connectivity index (χ2v) is 22.4. The van der Waals surface area contributed by atoms with E-state index in [1.165, 1.54) is 5.57 Å². The lowest BCUT2D eigenvalue weighted by Gasteiger charge is -2.71. The molecule has 0 saturated heterocycles. The van der Waals surface area contributed by atoms with E-state index in [0.29, 0.717) is 22.4 Å². The van der Waals surface area contributed by atoms with Gasteiger partial charge in [-0.2, -0.15) is 0 Å². The molecule has 318 valence electrons. The Morgan fingerprint density at radius 2 is 1.55 bits per heavy atom. The number of hydrogen-bond acceptors (Lipinski definition) is 9. The van der Waals surface area contributed by atoms with Crippen LogP contribution in [-0.4, -0.2) is 44.7 Å². The average molecular weight is 820 g/mol. The summed E-state index contributed by atoms with van der Waals surface area (Å²) in [7, 11) is 0. The largest absolute Gasteiger partial charge is 0.462 e. The smallest absolute Gasteiger partial charge is 0.312 e. The Balaban J connectivity index is 1.11. The van der Waals surface area contributed by atoms with E-state index in [-0.39, 0.29) is 75.5 Å². The molecule has 10 atom stereocenters. The topological polar surface area (TPSA) is 129 Å². The molecule has 0 spiro atoms. The van der Waals surface area contributed by atoms with Gasteiger partial charge in [-0.1, -0.05) is 65.6 Å². The maximum atomic E-state index is 14.6. The molecular weight excluding hydrogens is 752 g/mol. The monoisotopic (exact) mass is 818 g/mol. The molecule has 0 amide bonds. The van der Waals surface area contributed by atoms with Crippen LogP contribution in [0, 0.1) is 62.6 Å². The predicted octanol–water partition coefficient (Wildman–Crippen LogP) is 10.9. The van der Waals surface area contributed by atoms with E-state index >= 15 is 0 Å². The highest BCUT2D eigenvalue weighted by atomic mass is 35.5. The van der Waals surface area contributed by atoms with Gasteiger partial charge in [-0.25, -0.2) is 0 Å². The van der Waals surface area contributed by atoms with Gasteiger partial charge in [0.25, 0.3) is 0 Å². The Kier molecular flexibility index (Phi) is 10.8. The fourth-order valence-corrected chi connectivity index (χ4v) is 13.6. The highest BCUT2D eigenvalue weighted by Crippen LogP contribution is 2.76. The zero-order valence-corrected chi connectivity index (χ0v) is 37.7. The number of allylic oxidation sites excluding steroid dienone is 2. The first-order chi connectivity index (χ1) is 26.9. The van der Waals surface area contributed by atoms with Crippen molar-refractivity contribution in [2.45, 2.75) is 159 Å². The average Bonchev–Trinajstić information content (AvgIpc) is 3.72. The number of halogens is 1. The highest BCUT2D eigenvalue weighted by molar-refractivity contribution is 6.30. The van der Waals surface area contributed by atoms with Crippen molar-refractivity contribution >= 4 is 29.3 Å². The number of Topliss-reactive ketones (excluding diaryl/α,β-unsaturated/α-hetero) is 1. The lowest BCUT2D eigenvalue weighted by Crippen LogP contribution is -2.65. The third-order valence-electron chi connectivity index (χ3n) is 16.4. The van der Waals surface area contributed by atoms with E-state index in [9.17, 15) is 19.5 Å². The van der Waals surface area contributed by atoms with E-state index in [0.717, 1.165) is 56.9 Å². The number of benzene rings is 1. The Hall–Kier alpha value is -3.04. The lowest BCUT2D eigenvalue weighted by molar-refractivity contribution is -0.232. The summed E-state index contributed by atoms with van der Waals surface area (Å²) in [6.45, 7) is 25.5. The molecule has 0 bridgehead atoms. The van der Waals surface area contributed by atoms with Crippen LogP contribution in [0.4, 0.5) is 0 Å². The summed E-state index contributed by atoms with van der Waals surface area (Å²) in [6.07, 6.45) is 6.34. The van der Waals surface area contributed by atoms with E-state index in [1.54, 1.807) is 38.1 Å². The Morgan fingerprint density at radius 3 is 2.19 bits per heavy atom. The number of esters is 2. The van der Waals surface area contributed by atoms with Gasteiger partial charge in [0.1, 0.15) is 17.8 Å². The molecule has 7 rings (SSSR count). The molecule has 10 heteroatoms. The van der Waals surface area contributed by atoms with E-state index in [1.807, 2.05) is 20.8 Å². The van der Waals surface area contributed by atoms with Crippen molar-refractivity contribution in [1.82, 2.24) is 10.2 Å². The summed E-state index contributed by atoms with van der Waals surface area (Å²) in [5.74, 6) is 0.0750. The number of aliphatic hydroxyl groups is 1. The van der Waals surface area contributed by atoms with Gasteiger partial charge >= 0.3 is 11.9 Å². The van der Waals surface area contributed by atoms with E-state index < -0.39 is 29.0 Å². The Morgan fingerprint density at radius 1 is 0.897 bits per heavy atom. The summed E-state index contributed by atoms with van der Waals surface area (Å²) >= 11 is 6.10. The quantitative estimate of drug-likeness (QED) is 0.259. The van der Waals surface area contributed by atoms with Crippen molar-refractivity contribution < 1.29 is 33.4 Å². The fraction of sp³-hybridized carbons (Fsp3) is 0.729. The van der Waals surface area contributed by atoms with Crippen LogP contribution in [0.1, 0.15) is 153 Å². The third-order valence-corrected chi connectivity index (χ3v) is 16.6. The Bertz CT molecular complexity index is 1970. The third kappa shape index (κ3) is 6.90. The van der Waals surface area contributed by atoms with Crippen molar-refractivity contribution in [1.29, 1.82) is 0 Å². The summed E-state index contributed by atoms with van der Waals surface area (Å²) in [5.41, 5.74) is 1.10. The minimum absolute atomic E-state index is 0.0220. The zero-order chi connectivity index (χ0) is 42.5. The van der Waals surface area contributed by atoms with E-state index in [4.69, 9.17) is 25.5 Å². The number of nitrogens with zero attached hydrogens (tertiary/aromatic N) is 2. The molecule has 9 nitrogen and oxygen atoms in total. The molecule has 5 aliphatic carbocycles. The zero-order valence-electron chi connectivity index (χ0n) is 37.0. The number of ketones is 1. The van der Waals surface area contributed by atoms with Crippen LogP contribution in [0.3, 0.4) is 0 Å². The predicted molar refractivity (Wildman–Crippen MR) is 223 cm³/mol. The van der Waals surface area contributed by atoms with Crippen LogP contribution < -0.4 is 0 Å². The van der Waals surface area contributed by atoms with Crippen LogP contribution in [0.5, 0.6) is 0 Å². The van der Waals surface area contributed by atoms with Gasteiger partial charge in [0, 0.05) is 16.0 Å². The van der Waals surface area contributed by atoms with Crippen molar-refractivity contribution in [2.75, 3.05) is 0 Å². The van der Waals surface area contributed by atoms with Crippen LogP contribution in [-0.2, 0) is 23.9 Å². The van der Waals surface area contributed by atoms with E-state index in [2.05, 4.69) is 58.7 Å². The second kappa shape index (κ2) is 14.6. The lowest BCUT2D eigenvalue weighted by atomic mass is 9.33. The molecular formula is C48H67ClN2O7. The number of fused-ring (bicyclic) bond motifs is 7. The first-order valence-corrected chi connectivity index (χ1v) is 22.2. The van der Waals surface area contributed by atoms with Gasteiger partial charge in [-0.15, -0.1) is 10.2 Å². The molecule has 1 N–H and O–H groups in total. The maximum absolute atomic E-state index is 14.6. The summed E-state index contributed by atoms with van der Waals surface area (Å²) < 4.78 is 18.0. The highest BCUT2D eigenvalue weighted by Gasteiger charge is 2.69. The van der Waals surface area contributed by atoms with Crippen molar-refractivity contribution in [2.24, 2.45) is 62.6 Å². The molecule has 58 heavy (non-hydrogen) atoms. The molecule has 1 aromatic heterocycles. The molecule has 4 saturated carbocycles. The molecule has 4 fully saturated rings. The van der Waals surface area contributed by atoms with Gasteiger partial charge in [-0.05, 0) is 162 Å². The van der Waals surface area contributed by atoms with Crippen LogP contribution >= 0.6 is 11.6 Å². The number of rotatable bonds is 8. The van der Waals surface area contributed by atoms with Gasteiger partial charge < -0.3 is 19.0 Å². The number of hydrogen-bond donors (Lipinski definition) is 1. The fourth-order valence-electron chi connectivity index (χ4n) is 13.5. The van der Waals surface area contributed by atoms with Crippen LogP contribution in [0.2, 0.25) is 5.02 Å². The number of aromatic nitrogens is 2. The van der Waals surface area contributed by atoms with Crippen molar-refractivity contribution in [3.63, 3.8) is 0 Å². The minimum Gasteiger partial charge on any atom is -0.462 e. The van der Waals surface area contributed by atoms with Gasteiger partial charge in [0.15, 0.2) is 5.78 Å². The normalized spacial score (nSPS) is 35.1. The van der Waals surface area contributed by atoms with Gasteiger partial charge in [0.2, 0.25) is 11.8 Å². The molecule has 1 aromatic carbocycles. The van der Waals surface area contributed by atoms with Crippen LogP contribution in [0.15, 0.2) is 39.8 Å². The molecule has 1 unspecified atom stereocenters. The van der Waals surface area contributed by atoms with Gasteiger partial charge in [-0.3, -0.25) is 14.4 Å². The molecule has 0 radical (unpaired) electrons. The first-order valence-electron chi connectivity index (χ1n) is 21.8. The number of aliphatic hydroxyl groups excluding tert-OH is 1. The number of carbonyl (C=O) groups excluding carboxylic acids is 3. The number of carbonyl (C=O) groups is 3. The minimum atomic E-state index is -1.20. The van der Waals surface area contributed by atoms with Crippen molar-refractivity contribution in [3.05, 3.63) is 46.3 Å². The van der Waals surface area contributed by atoms with Crippen molar-refractivity contribution in [3.8, 4) is 11.5 Å². The Labute approximate surface area is 350 Å². The second-order valence-electron chi connectivity index (χ2n) is 22.0. The summed E-state index contributed by atoms with van der Waals surface area (Å²) in [5, 5.41) is 21.0. The SMILES string of the molecule is CC(C)C1=C2C(CC[C@]3(C)[C@@H]2CC[C@@H]2[C@@]4(C)CC[C@H](OC(=O)CC(C)(C)C(=O)OC(C)(C)C)C(C)(C)[C@@H]4CC[C@]23C)[C@H]([C@@H](O)c2nnc(-c3ccc(Cl)cc3)o2)C1=O. The molecule has 0 aliphatic heterocycles. The molecule has 5 aliphatic rings. The summed E-state index contributed by atoms with van der Waals surface area (Å²) in [6, 6.07) is 7.11. The molecule has 2 aromatic rings. The van der Waals surface area contributed by atoms with Gasteiger partial charge in [0.05, 0.1) is 17.8 Å². The number of ether oxygens (including phenoxy) is 2. The standard InChI is InChI=1S/C48H67ClN2O7/c1-26(2)35-36-29(37(38(35)53)39(54)41-51-50-40(57-41)27-13-15-28(49)16-14-27)19-23-47(11)30(36)17-18-32-46(10)22-21-33(45(8,9)31(46)20-24-48(32,47)12)56-34(52)25-44(6,7)42(55)58-43(3,4)5/h13-16,26,29-33,37,39,54H,17-25H2,1-12H3/t29?,30-,31+,32-,33+,37+,39-,46+,47-,48-/m1/s1. The van der Waals surface area contributed by atoms with Crippen LogP contribution in [0.25, 0.3) is 11.5 Å². The maximum Gasteiger partial charge on any atom is 0.312 e.